The number of likely N-dealkylation sites (tertiary alicyclic amines) is 1. The molecule has 1 amide bonds. The highest BCUT2D eigenvalue weighted by Crippen LogP contribution is 2.35. The van der Waals surface area contributed by atoms with Crippen LogP contribution in [0.25, 0.3) is 10.2 Å². The first-order valence-electron chi connectivity index (χ1n) is 9.03. The molecule has 1 aromatic heterocycles. The van der Waals surface area contributed by atoms with Crippen molar-refractivity contribution in [3.05, 3.63) is 67.7 Å². The number of fused-ring (bicyclic) bond motifs is 1. The summed E-state index contributed by atoms with van der Waals surface area (Å²) < 4.78 is 1.12. The molecule has 2 aromatic carbocycles. The lowest BCUT2D eigenvalue weighted by Gasteiger charge is -2.31. The molecule has 1 fully saturated rings. The zero-order chi connectivity index (χ0) is 19.8. The third-order valence-corrected chi connectivity index (χ3v) is 6.66. The third kappa shape index (κ3) is 3.47. The Morgan fingerprint density at radius 1 is 1.29 bits per heavy atom. The fourth-order valence-electron chi connectivity index (χ4n) is 3.65. The van der Waals surface area contributed by atoms with E-state index in [0.29, 0.717) is 35.2 Å². The van der Waals surface area contributed by atoms with E-state index in [9.17, 15) is 14.9 Å². The quantitative estimate of drug-likeness (QED) is 0.436. The van der Waals surface area contributed by atoms with Crippen LogP contribution in [0.15, 0.2) is 36.4 Å². The van der Waals surface area contributed by atoms with Crippen molar-refractivity contribution < 1.29 is 9.72 Å². The monoisotopic (exact) mass is 415 g/mol. The van der Waals surface area contributed by atoms with E-state index in [4.69, 9.17) is 16.6 Å². The summed E-state index contributed by atoms with van der Waals surface area (Å²) in [6, 6.07) is 10.4. The molecule has 1 aliphatic rings. The van der Waals surface area contributed by atoms with Gasteiger partial charge in [0.25, 0.3) is 11.6 Å². The van der Waals surface area contributed by atoms with E-state index in [1.54, 1.807) is 35.3 Å². The zero-order valence-electron chi connectivity index (χ0n) is 15.2. The Morgan fingerprint density at radius 2 is 2.04 bits per heavy atom. The van der Waals surface area contributed by atoms with Crippen LogP contribution in [0.5, 0.6) is 0 Å². The SMILES string of the molecule is Cc1c(C(=O)N2CCC(c3nc4cc(Cl)ccc4s3)CC2)cccc1[N+](=O)[O-]. The number of rotatable bonds is 3. The molecule has 1 saturated heterocycles. The van der Waals surface area contributed by atoms with Gasteiger partial charge in [-0.15, -0.1) is 11.3 Å². The first-order valence-corrected chi connectivity index (χ1v) is 10.2. The maximum absolute atomic E-state index is 12.9. The maximum atomic E-state index is 12.9. The second-order valence-corrected chi connectivity index (χ2v) is 8.44. The number of piperidine rings is 1. The normalized spacial score (nSPS) is 15.1. The van der Waals surface area contributed by atoms with Crippen LogP contribution < -0.4 is 0 Å². The van der Waals surface area contributed by atoms with Gasteiger partial charge in [-0.1, -0.05) is 17.7 Å². The molecule has 0 radical (unpaired) electrons. The zero-order valence-corrected chi connectivity index (χ0v) is 16.8. The smallest absolute Gasteiger partial charge is 0.273 e. The molecular formula is C20H18ClN3O3S. The molecule has 0 unspecified atom stereocenters. The van der Waals surface area contributed by atoms with Crippen LogP contribution in [-0.2, 0) is 0 Å². The number of aromatic nitrogens is 1. The highest BCUT2D eigenvalue weighted by molar-refractivity contribution is 7.18. The standard InChI is InChI=1S/C20H18ClN3O3S/c1-12-15(3-2-4-17(12)24(26)27)20(25)23-9-7-13(8-10-23)19-22-16-11-14(21)5-6-18(16)28-19/h2-6,11,13H,7-10H2,1H3. The number of carbonyl (C=O) groups excluding carboxylic acids is 1. The van der Waals surface area contributed by atoms with Gasteiger partial charge in [-0.2, -0.15) is 0 Å². The van der Waals surface area contributed by atoms with Crippen molar-refractivity contribution >= 4 is 44.7 Å². The number of nitro groups is 1. The van der Waals surface area contributed by atoms with Gasteiger partial charge in [0.2, 0.25) is 0 Å². The van der Waals surface area contributed by atoms with Gasteiger partial charge in [0.1, 0.15) is 0 Å². The van der Waals surface area contributed by atoms with Gasteiger partial charge in [-0.25, -0.2) is 4.98 Å². The van der Waals surface area contributed by atoms with Crippen molar-refractivity contribution in [3.63, 3.8) is 0 Å². The number of halogens is 1. The molecule has 0 N–H and O–H groups in total. The number of thiazole rings is 1. The van der Waals surface area contributed by atoms with Gasteiger partial charge in [-0.05, 0) is 44.0 Å². The van der Waals surface area contributed by atoms with Crippen LogP contribution in [0.3, 0.4) is 0 Å². The van der Waals surface area contributed by atoms with E-state index in [2.05, 4.69) is 0 Å². The summed E-state index contributed by atoms with van der Waals surface area (Å²) in [6.07, 6.45) is 1.65. The first-order chi connectivity index (χ1) is 13.4. The molecule has 0 saturated carbocycles. The van der Waals surface area contributed by atoms with Crippen LogP contribution in [-0.4, -0.2) is 33.8 Å². The average molecular weight is 416 g/mol. The Morgan fingerprint density at radius 3 is 2.75 bits per heavy atom. The summed E-state index contributed by atoms with van der Waals surface area (Å²) in [5.41, 5.74) is 1.72. The molecule has 2 heterocycles. The molecule has 1 aliphatic heterocycles. The number of nitro benzene ring substituents is 1. The molecule has 0 bridgehead atoms. The molecule has 8 heteroatoms. The van der Waals surface area contributed by atoms with Crippen LogP contribution in [0, 0.1) is 17.0 Å². The van der Waals surface area contributed by atoms with E-state index < -0.39 is 4.92 Å². The minimum absolute atomic E-state index is 0.0196. The van der Waals surface area contributed by atoms with Crippen LogP contribution in [0.4, 0.5) is 5.69 Å². The summed E-state index contributed by atoms with van der Waals surface area (Å²) in [7, 11) is 0. The van der Waals surface area contributed by atoms with Crippen molar-refractivity contribution in [2.45, 2.75) is 25.7 Å². The summed E-state index contributed by atoms with van der Waals surface area (Å²) >= 11 is 7.73. The Balaban J connectivity index is 1.48. The fraction of sp³-hybridized carbons (Fsp3) is 0.300. The first kappa shape index (κ1) is 18.8. The lowest BCUT2D eigenvalue weighted by molar-refractivity contribution is -0.385. The van der Waals surface area contributed by atoms with Gasteiger partial charge < -0.3 is 4.90 Å². The molecule has 0 spiro atoms. The average Bonchev–Trinajstić information content (AvgIpc) is 3.10. The van der Waals surface area contributed by atoms with Gasteiger partial charge in [-0.3, -0.25) is 14.9 Å². The van der Waals surface area contributed by atoms with Gasteiger partial charge in [0, 0.05) is 41.2 Å². The van der Waals surface area contributed by atoms with Crippen molar-refractivity contribution in [3.8, 4) is 0 Å². The van der Waals surface area contributed by atoms with E-state index >= 15 is 0 Å². The summed E-state index contributed by atoms with van der Waals surface area (Å²) in [6.45, 7) is 2.86. The second kappa shape index (κ2) is 7.48. The van der Waals surface area contributed by atoms with Crippen molar-refractivity contribution in [2.75, 3.05) is 13.1 Å². The Labute approximate surface area is 170 Å². The number of hydrogen-bond acceptors (Lipinski definition) is 5. The lowest BCUT2D eigenvalue weighted by Crippen LogP contribution is -2.38. The molecule has 28 heavy (non-hydrogen) atoms. The number of carbonyl (C=O) groups is 1. The lowest BCUT2D eigenvalue weighted by atomic mass is 9.96. The number of hydrogen-bond donors (Lipinski definition) is 0. The predicted molar refractivity (Wildman–Crippen MR) is 110 cm³/mol. The highest BCUT2D eigenvalue weighted by atomic mass is 35.5. The second-order valence-electron chi connectivity index (χ2n) is 6.94. The molecule has 144 valence electrons. The number of nitrogens with zero attached hydrogens (tertiary/aromatic N) is 3. The van der Waals surface area contributed by atoms with E-state index in [-0.39, 0.29) is 11.6 Å². The van der Waals surface area contributed by atoms with Gasteiger partial charge in [0.15, 0.2) is 0 Å². The minimum atomic E-state index is -0.447. The molecule has 4 rings (SSSR count). The summed E-state index contributed by atoms with van der Waals surface area (Å²) in [4.78, 5) is 30.1. The Hall–Kier alpha value is -2.51. The van der Waals surface area contributed by atoms with Crippen LogP contribution in [0.1, 0.15) is 39.7 Å². The summed E-state index contributed by atoms with van der Waals surface area (Å²) in [5.74, 6) is 0.169. The van der Waals surface area contributed by atoms with Crippen molar-refractivity contribution in [2.24, 2.45) is 0 Å². The van der Waals surface area contributed by atoms with Gasteiger partial charge in [0.05, 0.1) is 20.1 Å². The number of amides is 1. The largest absolute Gasteiger partial charge is 0.339 e. The Bertz CT molecular complexity index is 1070. The van der Waals surface area contributed by atoms with E-state index in [1.807, 2.05) is 18.2 Å². The van der Waals surface area contributed by atoms with Crippen LogP contribution in [0.2, 0.25) is 5.02 Å². The Kier molecular flexibility index (Phi) is 5.03. The van der Waals surface area contributed by atoms with Crippen molar-refractivity contribution in [1.29, 1.82) is 0 Å². The van der Waals surface area contributed by atoms with E-state index in [0.717, 1.165) is 28.1 Å². The third-order valence-electron chi connectivity index (χ3n) is 5.23. The van der Waals surface area contributed by atoms with Gasteiger partial charge >= 0.3 is 0 Å². The summed E-state index contributed by atoms with van der Waals surface area (Å²) in [5, 5.41) is 12.9. The predicted octanol–water partition coefficient (Wildman–Crippen LogP) is 5.19. The highest BCUT2D eigenvalue weighted by Gasteiger charge is 2.28. The van der Waals surface area contributed by atoms with E-state index in [1.165, 1.54) is 6.07 Å². The topological polar surface area (TPSA) is 76.3 Å². The van der Waals surface area contributed by atoms with Crippen LogP contribution >= 0.6 is 22.9 Å². The molecule has 6 nitrogen and oxygen atoms in total. The molecule has 0 atom stereocenters. The molecule has 3 aromatic rings. The minimum Gasteiger partial charge on any atom is -0.339 e. The molecule has 0 aliphatic carbocycles. The number of benzene rings is 2. The molecular weight excluding hydrogens is 398 g/mol. The fourth-order valence-corrected chi connectivity index (χ4v) is 4.93. The van der Waals surface area contributed by atoms with Crippen molar-refractivity contribution in [1.82, 2.24) is 9.88 Å². The maximum Gasteiger partial charge on any atom is 0.273 e.